The van der Waals surface area contributed by atoms with Gasteiger partial charge in [-0.15, -0.1) is 0 Å². The number of likely N-dealkylation sites (N-methyl/N-ethyl adjacent to an activating group) is 1. The summed E-state index contributed by atoms with van der Waals surface area (Å²) in [6.45, 7) is 6.94. The highest BCUT2D eigenvalue weighted by atomic mass is 16.5. The van der Waals surface area contributed by atoms with Crippen LogP contribution in [0, 0.1) is 5.92 Å². The normalized spacial score (nSPS) is 35.8. The summed E-state index contributed by atoms with van der Waals surface area (Å²) in [4.78, 5) is 13.2. The number of hydrogen-bond acceptors (Lipinski definition) is 4. The van der Waals surface area contributed by atoms with E-state index in [1.165, 1.54) is 5.56 Å². The van der Waals surface area contributed by atoms with Gasteiger partial charge in [0.05, 0.1) is 25.6 Å². The van der Waals surface area contributed by atoms with Crippen LogP contribution in [0.25, 0.3) is 0 Å². The molecule has 0 aromatic heterocycles. The highest BCUT2D eigenvalue weighted by Gasteiger charge is 2.76. The van der Waals surface area contributed by atoms with E-state index in [2.05, 4.69) is 27.0 Å². The number of hydrogen-bond donors (Lipinski definition) is 1. The molecule has 4 aliphatic rings. The van der Waals surface area contributed by atoms with Crippen molar-refractivity contribution in [1.82, 2.24) is 0 Å². The number of nitrogens with zero attached hydrogens (tertiary/aromatic N) is 1. The Morgan fingerprint density at radius 1 is 1.18 bits per heavy atom. The van der Waals surface area contributed by atoms with Gasteiger partial charge in [0.15, 0.2) is 23.4 Å². The van der Waals surface area contributed by atoms with Gasteiger partial charge in [-0.1, -0.05) is 50.2 Å². The molecule has 5 atom stereocenters. The number of likely N-dealkylation sites (tertiary alicyclic amines) is 1. The Morgan fingerprint density at radius 2 is 1.97 bits per heavy atom. The number of ether oxygens (including phenoxy) is 2. The van der Waals surface area contributed by atoms with Gasteiger partial charge in [-0.3, -0.25) is 4.79 Å². The molecule has 0 amide bonds. The van der Waals surface area contributed by atoms with Gasteiger partial charge in [0.25, 0.3) is 0 Å². The van der Waals surface area contributed by atoms with Crippen LogP contribution in [0.4, 0.5) is 0 Å². The lowest BCUT2D eigenvalue weighted by molar-refractivity contribution is -0.951. The first kappa shape index (κ1) is 21.2. The molecule has 0 radical (unpaired) electrons. The van der Waals surface area contributed by atoms with Gasteiger partial charge >= 0.3 is 0 Å². The monoisotopic (exact) mass is 448 g/mol. The maximum absolute atomic E-state index is 13.2. The van der Waals surface area contributed by atoms with Crippen LogP contribution in [-0.2, 0) is 23.2 Å². The van der Waals surface area contributed by atoms with Crippen LogP contribution in [0.15, 0.2) is 42.5 Å². The zero-order chi connectivity index (χ0) is 23.0. The average molecular weight is 449 g/mol. The Balaban J connectivity index is 1.47. The predicted molar refractivity (Wildman–Crippen MR) is 125 cm³/mol. The molecule has 2 aromatic rings. The van der Waals surface area contributed by atoms with Crippen LogP contribution in [0.1, 0.15) is 49.8 Å². The van der Waals surface area contributed by atoms with Crippen LogP contribution in [0.3, 0.4) is 0 Å². The zero-order valence-electron chi connectivity index (χ0n) is 19.8. The molecule has 174 valence electrons. The van der Waals surface area contributed by atoms with Gasteiger partial charge in [-0.2, -0.15) is 0 Å². The number of aliphatic hydroxyl groups is 1. The first-order valence-electron chi connectivity index (χ1n) is 12.4. The fourth-order valence-electron chi connectivity index (χ4n) is 7.72. The molecule has 2 aliphatic carbocycles. The number of carbonyl (C=O) groups is 1. The standard InChI is InChI=1S/C28H34NO4/c1-18(2)16-29(3)14-13-27-24-20-9-10-22(32-17-19-7-5-4-6-8-19)25(24)33-26(27)21(30)11-12-28(27,31)23(29)15-20/h4-10,18,23,26,31H,11-17H2,1-3H3/q+1/t23-,26+,27+,28?,29?/m1/s1. The molecular formula is C28H34NO4+. The van der Waals surface area contributed by atoms with Crippen molar-refractivity contribution in [3.05, 3.63) is 59.2 Å². The smallest absolute Gasteiger partial charge is 0.174 e. The highest BCUT2D eigenvalue weighted by molar-refractivity contribution is 5.90. The number of quaternary nitrogens is 1. The van der Waals surface area contributed by atoms with Crippen molar-refractivity contribution in [3.63, 3.8) is 0 Å². The molecule has 2 unspecified atom stereocenters. The van der Waals surface area contributed by atoms with Gasteiger partial charge in [0.1, 0.15) is 18.2 Å². The van der Waals surface area contributed by atoms with E-state index in [-0.39, 0.29) is 11.8 Å². The van der Waals surface area contributed by atoms with E-state index in [1.807, 2.05) is 36.4 Å². The molecular weight excluding hydrogens is 414 g/mol. The van der Waals surface area contributed by atoms with Crippen molar-refractivity contribution in [1.29, 1.82) is 0 Å². The van der Waals surface area contributed by atoms with E-state index in [0.29, 0.717) is 36.9 Å². The third-order valence-corrected chi connectivity index (χ3v) is 8.91. The van der Waals surface area contributed by atoms with E-state index < -0.39 is 17.1 Å². The van der Waals surface area contributed by atoms with Crippen LogP contribution in [-0.4, -0.2) is 53.3 Å². The molecule has 1 spiro atoms. The van der Waals surface area contributed by atoms with E-state index in [0.717, 1.165) is 41.5 Å². The molecule has 2 aliphatic heterocycles. The summed E-state index contributed by atoms with van der Waals surface area (Å²) >= 11 is 0. The number of piperidine rings is 1. The second-order valence-corrected chi connectivity index (χ2v) is 11.3. The molecule has 6 rings (SSSR count). The van der Waals surface area contributed by atoms with Crippen molar-refractivity contribution >= 4 is 5.78 Å². The van der Waals surface area contributed by atoms with Gasteiger partial charge in [0, 0.05) is 30.7 Å². The Morgan fingerprint density at radius 3 is 2.73 bits per heavy atom. The summed E-state index contributed by atoms with van der Waals surface area (Å²) in [6.07, 6.45) is 1.87. The SMILES string of the molecule is CC(C)C[N+]1(C)CC[C@]23c4c5ccc(OCc6ccccc6)c4O[C@H]2C(=O)CCC3(O)[C@H]1C5. The van der Waals surface area contributed by atoms with Crippen molar-refractivity contribution in [3.8, 4) is 11.5 Å². The molecule has 33 heavy (non-hydrogen) atoms. The van der Waals surface area contributed by atoms with Gasteiger partial charge in [0.2, 0.25) is 0 Å². The first-order valence-corrected chi connectivity index (χ1v) is 12.4. The Hall–Kier alpha value is -2.37. The second kappa shape index (κ2) is 7.07. The van der Waals surface area contributed by atoms with Crippen LogP contribution in [0.5, 0.6) is 11.5 Å². The lowest BCUT2D eigenvalue weighted by Gasteiger charge is -2.64. The second-order valence-electron chi connectivity index (χ2n) is 11.3. The quantitative estimate of drug-likeness (QED) is 0.707. The number of ketones is 1. The fraction of sp³-hybridized carbons (Fsp3) is 0.536. The Labute approximate surface area is 195 Å². The minimum atomic E-state index is -0.941. The summed E-state index contributed by atoms with van der Waals surface area (Å²) in [5.74, 6) is 2.04. The van der Waals surface area contributed by atoms with Crippen LogP contribution >= 0.6 is 0 Å². The third-order valence-electron chi connectivity index (χ3n) is 8.91. The molecule has 2 fully saturated rings. The fourth-order valence-corrected chi connectivity index (χ4v) is 7.72. The third kappa shape index (κ3) is 2.75. The Kier molecular flexibility index (Phi) is 4.54. The van der Waals surface area contributed by atoms with E-state index in [9.17, 15) is 9.90 Å². The van der Waals surface area contributed by atoms with Crippen LogP contribution < -0.4 is 9.47 Å². The first-order chi connectivity index (χ1) is 15.8. The van der Waals surface area contributed by atoms with Crippen LogP contribution in [0.2, 0.25) is 0 Å². The summed E-state index contributed by atoms with van der Waals surface area (Å²) in [5, 5.41) is 12.5. The lowest BCUT2D eigenvalue weighted by atomic mass is 9.48. The van der Waals surface area contributed by atoms with Gasteiger partial charge in [-0.05, 0) is 23.6 Å². The average Bonchev–Trinajstić information content (AvgIpc) is 3.15. The van der Waals surface area contributed by atoms with Crippen molar-refractivity contribution in [2.75, 3.05) is 20.1 Å². The van der Waals surface area contributed by atoms with Gasteiger partial charge < -0.3 is 19.1 Å². The molecule has 2 heterocycles. The van der Waals surface area contributed by atoms with Crippen molar-refractivity contribution in [2.45, 2.75) is 69.3 Å². The number of benzene rings is 2. The maximum Gasteiger partial charge on any atom is 0.174 e. The molecule has 2 bridgehead atoms. The van der Waals surface area contributed by atoms with Crippen molar-refractivity contribution < 1.29 is 23.9 Å². The molecule has 5 nitrogen and oxygen atoms in total. The van der Waals surface area contributed by atoms with Crippen molar-refractivity contribution in [2.24, 2.45) is 5.92 Å². The van der Waals surface area contributed by atoms with E-state index >= 15 is 0 Å². The molecule has 1 N–H and O–H groups in total. The predicted octanol–water partition coefficient (Wildman–Crippen LogP) is 3.79. The Bertz CT molecular complexity index is 1110. The van der Waals surface area contributed by atoms with Gasteiger partial charge in [-0.25, -0.2) is 0 Å². The maximum atomic E-state index is 13.2. The largest absolute Gasteiger partial charge is 0.485 e. The van der Waals surface area contributed by atoms with E-state index in [4.69, 9.17) is 9.47 Å². The number of carbonyl (C=O) groups excluding carboxylic acids is 1. The summed E-state index contributed by atoms with van der Waals surface area (Å²) in [7, 11) is 2.31. The highest BCUT2D eigenvalue weighted by Crippen LogP contribution is 2.65. The van der Waals surface area contributed by atoms with E-state index in [1.54, 1.807) is 0 Å². The molecule has 1 saturated carbocycles. The lowest BCUT2D eigenvalue weighted by Crippen LogP contribution is -2.81. The molecule has 2 aromatic carbocycles. The zero-order valence-corrected chi connectivity index (χ0v) is 19.8. The molecule has 5 heteroatoms. The summed E-state index contributed by atoms with van der Waals surface area (Å²) in [6, 6.07) is 14.3. The minimum Gasteiger partial charge on any atom is -0.485 e. The number of Topliss-reactive ketones (excluding diaryl/α,β-unsaturated/α-hetero) is 1. The minimum absolute atomic E-state index is 0.0717. The number of rotatable bonds is 5. The molecule has 1 saturated heterocycles. The topological polar surface area (TPSA) is 55.8 Å². The summed E-state index contributed by atoms with van der Waals surface area (Å²) in [5.41, 5.74) is 1.76. The summed E-state index contributed by atoms with van der Waals surface area (Å²) < 4.78 is 13.6.